The third kappa shape index (κ3) is 24.9. The SMILES string of the molecule is CC(C)C[C@@H]1NC(=O)[C@@H](Cc2ccccc2)NC(=O)[C@H](CCN)NC[C@@H](NC(=O)[C@H](CCN)NC(=O)[C@@H](NC(=O)[C@H](CCN)NC(=O)CCO)C(C)O)CCNC(=O)[C@H]([C@H](C)O)NC(=O)[C@H](CCCN)NC(=O)[C@H](CCN)NC1=O. The predicted octanol–water partition coefficient (Wildman–Crippen LogP) is -7.61. The summed E-state index contributed by atoms with van der Waals surface area (Å²) < 4.78 is 0. The molecule has 452 valence electrons. The Hall–Kier alpha value is -6.44. The molecule has 0 bridgehead atoms. The standard InChI is InChI=1S/C51H90N16O13/c1-28(2)25-38-48(77)62-37(15-22-56)45(74)61-34(11-8-18-52)46(75)66-41(29(3)69)50(79)57-23-16-32(27-58-33(12-19-53)43(72)65-39(49(78)64-38)26-31-9-6-5-7-10-31)59-44(73)36(14-21-55)63-51(80)42(30(4)70)67-47(76)35(13-20-54)60-40(71)17-24-68/h5-7,9-10,28-30,32-39,41-42,58,68-70H,8,11-27,52-56H2,1-4H3,(H,57,79)(H,59,73)(H,60,71)(H,61,74)(H,62,77)(H,63,80)(H,64,78)(H,65,72)(H,66,75)(H,67,76)/t29-,30?,32-,33-,34-,35-,36-,37-,38-,39+,41-,42-/m0/s1. The number of nitrogens with one attached hydrogen (secondary N) is 11. The minimum atomic E-state index is -1.67. The van der Waals surface area contributed by atoms with Gasteiger partial charge in [0.25, 0.3) is 0 Å². The molecule has 0 spiro atoms. The Balaban J connectivity index is 2.70. The zero-order valence-electron chi connectivity index (χ0n) is 46.4. The van der Waals surface area contributed by atoms with Crippen LogP contribution in [0.2, 0.25) is 0 Å². The van der Waals surface area contributed by atoms with Crippen LogP contribution in [0.15, 0.2) is 30.3 Å². The van der Waals surface area contributed by atoms with Crippen LogP contribution in [0.1, 0.15) is 91.0 Å². The summed E-state index contributed by atoms with van der Waals surface area (Å²) in [7, 11) is 0. The fraction of sp³-hybridized carbons (Fsp3) is 0.686. The van der Waals surface area contributed by atoms with Crippen molar-refractivity contribution >= 4 is 59.1 Å². The molecule has 80 heavy (non-hydrogen) atoms. The van der Waals surface area contributed by atoms with Crippen molar-refractivity contribution in [1.82, 2.24) is 58.5 Å². The van der Waals surface area contributed by atoms with E-state index >= 15 is 0 Å². The first-order valence-corrected chi connectivity index (χ1v) is 27.3. The molecule has 24 N–H and O–H groups in total. The van der Waals surface area contributed by atoms with Crippen molar-refractivity contribution in [2.24, 2.45) is 34.6 Å². The molecule has 1 aromatic carbocycles. The average Bonchev–Trinajstić information content (AvgIpc) is 3.40. The zero-order chi connectivity index (χ0) is 59.9. The Morgan fingerprint density at radius 1 is 0.613 bits per heavy atom. The zero-order valence-corrected chi connectivity index (χ0v) is 46.4. The first-order valence-electron chi connectivity index (χ1n) is 27.3. The summed E-state index contributed by atoms with van der Waals surface area (Å²) >= 11 is 0. The summed E-state index contributed by atoms with van der Waals surface area (Å²) in [5, 5.41) is 59.7. The van der Waals surface area contributed by atoms with Crippen LogP contribution in [-0.2, 0) is 54.4 Å². The molecule has 1 heterocycles. The van der Waals surface area contributed by atoms with Crippen LogP contribution in [0.5, 0.6) is 0 Å². The minimum absolute atomic E-state index is 0.0104. The lowest BCUT2D eigenvalue weighted by Gasteiger charge is -2.29. The lowest BCUT2D eigenvalue weighted by Crippen LogP contribution is -2.61. The van der Waals surface area contributed by atoms with Crippen molar-refractivity contribution in [3.63, 3.8) is 0 Å². The second-order valence-electron chi connectivity index (χ2n) is 20.2. The monoisotopic (exact) mass is 1130 g/mol. The molecule has 10 amide bonds. The van der Waals surface area contributed by atoms with Crippen LogP contribution in [0.4, 0.5) is 0 Å². The van der Waals surface area contributed by atoms with Crippen molar-refractivity contribution in [2.75, 3.05) is 52.4 Å². The van der Waals surface area contributed by atoms with E-state index in [4.69, 9.17) is 33.8 Å². The summed E-state index contributed by atoms with van der Waals surface area (Å²) in [6.45, 7) is 4.87. The summed E-state index contributed by atoms with van der Waals surface area (Å²) in [6.07, 6.45) is -3.57. The van der Waals surface area contributed by atoms with Crippen molar-refractivity contribution in [1.29, 1.82) is 0 Å². The van der Waals surface area contributed by atoms with Crippen LogP contribution in [0, 0.1) is 5.92 Å². The number of aliphatic hydroxyl groups excluding tert-OH is 3. The Bertz CT molecular complexity index is 2140. The molecule has 12 atom stereocenters. The maximum Gasteiger partial charge on any atom is 0.245 e. The highest BCUT2D eigenvalue weighted by atomic mass is 16.3. The topological polar surface area (TPSA) is 494 Å². The van der Waals surface area contributed by atoms with E-state index in [2.05, 4.69) is 58.5 Å². The number of carbonyl (C=O) groups is 10. The second kappa shape index (κ2) is 37.5. The van der Waals surface area contributed by atoms with E-state index in [1.54, 1.807) is 30.3 Å². The molecule has 0 aromatic heterocycles. The molecule has 1 saturated heterocycles. The van der Waals surface area contributed by atoms with Gasteiger partial charge in [0, 0.05) is 32.0 Å². The maximum atomic E-state index is 14.4. The first-order chi connectivity index (χ1) is 38.0. The summed E-state index contributed by atoms with van der Waals surface area (Å²) in [4.78, 5) is 138. The molecular weight excluding hydrogens is 1040 g/mol. The van der Waals surface area contributed by atoms with Gasteiger partial charge in [-0.2, -0.15) is 0 Å². The molecule has 2 rings (SSSR count). The van der Waals surface area contributed by atoms with Gasteiger partial charge in [-0.25, -0.2) is 0 Å². The largest absolute Gasteiger partial charge is 0.396 e. The second-order valence-corrected chi connectivity index (χ2v) is 20.2. The van der Waals surface area contributed by atoms with Gasteiger partial charge in [-0.15, -0.1) is 0 Å². The van der Waals surface area contributed by atoms with E-state index in [9.17, 15) is 58.2 Å². The quantitative estimate of drug-likeness (QED) is 0.0410. The molecule has 1 unspecified atom stereocenters. The molecule has 1 aliphatic rings. The normalized spacial score (nSPS) is 23.2. The Kier molecular flexibility index (Phi) is 32.6. The fourth-order valence-electron chi connectivity index (χ4n) is 8.48. The fourth-order valence-corrected chi connectivity index (χ4v) is 8.48. The van der Waals surface area contributed by atoms with E-state index in [-0.39, 0.29) is 116 Å². The van der Waals surface area contributed by atoms with Gasteiger partial charge in [0.15, 0.2) is 0 Å². The molecule has 1 aliphatic heterocycles. The van der Waals surface area contributed by atoms with E-state index in [0.717, 1.165) is 0 Å². The van der Waals surface area contributed by atoms with Crippen molar-refractivity contribution in [3.05, 3.63) is 35.9 Å². The Labute approximate surface area is 467 Å². The number of amides is 10. The van der Waals surface area contributed by atoms with Crippen molar-refractivity contribution in [3.8, 4) is 0 Å². The molecule has 29 heteroatoms. The number of hydrogen-bond acceptors (Lipinski definition) is 19. The van der Waals surface area contributed by atoms with Gasteiger partial charge >= 0.3 is 0 Å². The first kappa shape index (κ1) is 69.7. The maximum absolute atomic E-state index is 14.4. The summed E-state index contributed by atoms with van der Waals surface area (Å²) in [5.41, 5.74) is 29.9. The number of benzene rings is 1. The molecule has 0 radical (unpaired) electrons. The van der Waals surface area contributed by atoms with Crippen LogP contribution in [-0.4, -0.2) is 199 Å². The Morgan fingerprint density at radius 3 is 1.71 bits per heavy atom. The molecule has 29 nitrogen and oxygen atoms in total. The van der Waals surface area contributed by atoms with Gasteiger partial charge in [0.1, 0.15) is 48.3 Å². The van der Waals surface area contributed by atoms with Gasteiger partial charge in [-0.05, 0) is 109 Å². The van der Waals surface area contributed by atoms with Crippen LogP contribution >= 0.6 is 0 Å². The number of aliphatic hydroxyl groups is 3. The smallest absolute Gasteiger partial charge is 0.245 e. The molecule has 1 fully saturated rings. The van der Waals surface area contributed by atoms with Gasteiger partial charge in [0.05, 0.1) is 24.9 Å². The highest BCUT2D eigenvalue weighted by Crippen LogP contribution is 2.11. The van der Waals surface area contributed by atoms with Crippen molar-refractivity contribution < 1.29 is 63.3 Å². The third-order valence-electron chi connectivity index (χ3n) is 12.9. The lowest BCUT2D eigenvalue weighted by molar-refractivity contribution is -0.136. The molecule has 0 aliphatic carbocycles. The van der Waals surface area contributed by atoms with Crippen LogP contribution in [0.25, 0.3) is 0 Å². The molecular formula is C51H90N16O13. The summed E-state index contributed by atoms with van der Waals surface area (Å²) in [5.74, 6) is -8.36. The van der Waals surface area contributed by atoms with Crippen LogP contribution in [0.3, 0.4) is 0 Å². The molecule has 0 saturated carbocycles. The predicted molar refractivity (Wildman–Crippen MR) is 294 cm³/mol. The van der Waals surface area contributed by atoms with Gasteiger partial charge < -0.3 is 102 Å². The van der Waals surface area contributed by atoms with Crippen molar-refractivity contribution in [2.45, 2.75) is 165 Å². The van der Waals surface area contributed by atoms with Crippen LogP contribution < -0.4 is 87.2 Å². The van der Waals surface area contributed by atoms with E-state index in [1.165, 1.54) is 13.8 Å². The number of hydrogen-bond donors (Lipinski definition) is 19. The van der Waals surface area contributed by atoms with E-state index < -0.39 is 138 Å². The van der Waals surface area contributed by atoms with E-state index in [1.807, 2.05) is 13.8 Å². The number of nitrogens with two attached hydrogens (primary N) is 5. The van der Waals surface area contributed by atoms with Gasteiger partial charge in [-0.3, -0.25) is 47.9 Å². The highest BCUT2D eigenvalue weighted by Gasteiger charge is 2.36. The summed E-state index contributed by atoms with van der Waals surface area (Å²) in [6, 6.07) is -4.52. The third-order valence-corrected chi connectivity index (χ3v) is 12.9. The number of carbonyl (C=O) groups excluding carboxylic acids is 10. The molecule has 1 aromatic rings. The minimum Gasteiger partial charge on any atom is -0.396 e. The van der Waals surface area contributed by atoms with Gasteiger partial charge in [0.2, 0.25) is 59.1 Å². The Morgan fingerprint density at radius 2 is 1.15 bits per heavy atom. The highest BCUT2D eigenvalue weighted by molar-refractivity contribution is 5.97. The number of rotatable bonds is 26. The van der Waals surface area contributed by atoms with Gasteiger partial charge in [-0.1, -0.05) is 44.2 Å². The lowest BCUT2D eigenvalue weighted by atomic mass is 10.00. The van der Waals surface area contributed by atoms with E-state index in [0.29, 0.717) is 5.56 Å². The average molecular weight is 1140 g/mol.